The van der Waals surface area contributed by atoms with Crippen LogP contribution < -0.4 is 0 Å². The van der Waals surface area contributed by atoms with Crippen molar-refractivity contribution in [1.82, 2.24) is 0 Å². The van der Waals surface area contributed by atoms with Crippen molar-refractivity contribution in [3.63, 3.8) is 0 Å². The molecule has 40 valence electrons. The van der Waals surface area contributed by atoms with E-state index < -0.39 is 0 Å². The topological polar surface area (TPSA) is 12.4 Å². The van der Waals surface area contributed by atoms with Crippen LogP contribution in [0.2, 0.25) is 0 Å². The second-order valence-corrected chi connectivity index (χ2v) is 1.81. The Labute approximate surface area is 49.6 Å². The van der Waals surface area contributed by atoms with Gasteiger partial charge in [0.25, 0.3) is 0 Å². The second kappa shape index (κ2) is 3.93. The van der Waals surface area contributed by atoms with Gasteiger partial charge in [-0.2, -0.15) is 0 Å². The van der Waals surface area contributed by atoms with Crippen LogP contribution in [0.4, 0.5) is 0 Å². The van der Waals surface area contributed by atoms with E-state index in [9.17, 15) is 0 Å². The van der Waals surface area contributed by atoms with Crippen molar-refractivity contribution < 1.29 is 0 Å². The number of nitrogens with zero attached hydrogens (tertiary/aromatic N) is 1. The minimum Gasteiger partial charge on any atom is -0.255 e. The summed E-state index contributed by atoms with van der Waals surface area (Å²) < 4.78 is 0. The predicted molar refractivity (Wildman–Crippen MR) is 36.9 cm³/mol. The molecule has 0 atom stereocenters. The van der Waals surface area contributed by atoms with Crippen molar-refractivity contribution in [2.75, 3.05) is 0 Å². The molecule has 2 heteroatoms. The molecule has 0 aromatic carbocycles. The number of hydrogen-bond donors (Lipinski definition) is 1. The van der Waals surface area contributed by atoms with E-state index in [4.69, 9.17) is 0 Å². The molecule has 0 fully saturated rings. The lowest BCUT2D eigenvalue weighted by Crippen LogP contribution is -1.68. The fraction of sp³-hybridized carbons (Fsp3) is 0.400. The van der Waals surface area contributed by atoms with Gasteiger partial charge in [0.05, 0.1) is 5.04 Å². The molecular formula is C5H9NS. The average molecular weight is 115 g/mol. The lowest BCUT2D eigenvalue weighted by Gasteiger charge is -1.77. The quantitative estimate of drug-likeness (QED) is 0.304. The van der Waals surface area contributed by atoms with Crippen LogP contribution in [0, 0.1) is 0 Å². The number of hydrogen-bond acceptors (Lipinski definition) is 1. The van der Waals surface area contributed by atoms with Crippen LogP contribution >= 0.6 is 12.6 Å². The van der Waals surface area contributed by atoms with E-state index in [2.05, 4.69) is 17.6 Å². The SMILES string of the molecule is C/C=C\N=C(/C)S. The number of allylic oxidation sites excluding steroid dienone is 1. The molecule has 0 radical (unpaired) electrons. The van der Waals surface area contributed by atoms with Gasteiger partial charge in [0, 0.05) is 6.20 Å². The first kappa shape index (κ1) is 6.76. The lowest BCUT2D eigenvalue weighted by atomic mass is 10.7. The average Bonchev–Trinajstić information content (AvgIpc) is 1.61. The largest absolute Gasteiger partial charge is 0.255 e. The van der Waals surface area contributed by atoms with Gasteiger partial charge < -0.3 is 0 Å². The van der Waals surface area contributed by atoms with Crippen molar-refractivity contribution in [2.24, 2.45) is 4.99 Å². The molecule has 0 aromatic rings. The van der Waals surface area contributed by atoms with Crippen LogP contribution in [0.3, 0.4) is 0 Å². The van der Waals surface area contributed by atoms with Crippen molar-refractivity contribution in [2.45, 2.75) is 13.8 Å². The molecule has 0 aliphatic carbocycles. The fourth-order valence-electron chi connectivity index (χ4n) is 0.182. The zero-order valence-electron chi connectivity index (χ0n) is 4.55. The summed E-state index contributed by atoms with van der Waals surface area (Å²) in [6, 6.07) is 0. The minimum atomic E-state index is 0.790. The molecular weight excluding hydrogens is 106 g/mol. The number of aliphatic imine (C=N–C) groups is 1. The molecule has 0 amide bonds. The van der Waals surface area contributed by atoms with Crippen LogP contribution in [0.15, 0.2) is 17.3 Å². The standard InChI is InChI=1S/C5H9NS/c1-3-4-6-5(2)7/h3-4H,1-2H3,(H,6,7)/b4-3-. The Hall–Kier alpha value is -0.240. The van der Waals surface area contributed by atoms with Crippen LogP contribution in [-0.4, -0.2) is 5.04 Å². The second-order valence-electron chi connectivity index (χ2n) is 1.16. The molecule has 0 aliphatic heterocycles. The molecule has 7 heavy (non-hydrogen) atoms. The van der Waals surface area contributed by atoms with E-state index in [1.165, 1.54) is 0 Å². The maximum Gasteiger partial charge on any atom is 0.0669 e. The first-order chi connectivity index (χ1) is 3.27. The minimum absolute atomic E-state index is 0.790. The van der Waals surface area contributed by atoms with Crippen molar-refractivity contribution in [1.29, 1.82) is 0 Å². The zero-order valence-corrected chi connectivity index (χ0v) is 5.44. The zero-order chi connectivity index (χ0) is 5.70. The summed E-state index contributed by atoms with van der Waals surface area (Å²) in [6.07, 6.45) is 3.57. The molecule has 0 aromatic heterocycles. The Morgan fingerprint density at radius 3 is 2.43 bits per heavy atom. The van der Waals surface area contributed by atoms with Crippen LogP contribution in [0.5, 0.6) is 0 Å². The molecule has 0 rings (SSSR count). The van der Waals surface area contributed by atoms with Gasteiger partial charge in [-0.3, -0.25) is 4.99 Å². The van der Waals surface area contributed by atoms with Gasteiger partial charge >= 0.3 is 0 Å². The lowest BCUT2D eigenvalue weighted by molar-refractivity contribution is 1.53. The maximum atomic E-state index is 3.93. The van der Waals surface area contributed by atoms with Crippen molar-refractivity contribution in [3.8, 4) is 0 Å². The van der Waals surface area contributed by atoms with E-state index in [-0.39, 0.29) is 0 Å². The third kappa shape index (κ3) is 5.76. The summed E-state index contributed by atoms with van der Waals surface area (Å²) in [7, 11) is 0. The van der Waals surface area contributed by atoms with E-state index in [0.717, 1.165) is 5.04 Å². The van der Waals surface area contributed by atoms with Crippen LogP contribution in [0.25, 0.3) is 0 Å². The summed E-state index contributed by atoms with van der Waals surface area (Å²) in [5, 5.41) is 0.790. The van der Waals surface area contributed by atoms with Gasteiger partial charge in [-0.05, 0) is 13.8 Å². The maximum absolute atomic E-state index is 3.93. The highest BCUT2D eigenvalue weighted by molar-refractivity contribution is 7.96. The number of rotatable bonds is 1. The smallest absolute Gasteiger partial charge is 0.0669 e. The highest BCUT2D eigenvalue weighted by Crippen LogP contribution is 1.82. The Morgan fingerprint density at radius 2 is 2.29 bits per heavy atom. The Kier molecular flexibility index (Phi) is 3.80. The monoisotopic (exact) mass is 115 g/mol. The third-order valence-electron chi connectivity index (χ3n) is 0.410. The highest BCUT2D eigenvalue weighted by atomic mass is 32.1. The van der Waals surface area contributed by atoms with E-state index >= 15 is 0 Å². The fourth-order valence-corrected chi connectivity index (χ4v) is 0.249. The molecule has 1 nitrogen and oxygen atoms in total. The van der Waals surface area contributed by atoms with Crippen molar-refractivity contribution >= 4 is 17.7 Å². The molecule has 0 saturated heterocycles. The normalized spacial score (nSPS) is 13.3. The Balaban J connectivity index is 3.46. The molecule has 0 N–H and O–H groups in total. The summed E-state index contributed by atoms with van der Waals surface area (Å²) in [5.41, 5.74) is 0. The molecule has 0 heterocycles. The van der Waals surface area contributed by atoms with Crippen LogP contribution in [-0.2, 0) is 0 Å². The molecule has 0 spiro atoms. The van der Waals surface area contributed by atoms with Gasteiger partial charge in [0.2, 0.25) is 0 Å². The van der Waals surface area contributed by atoms with Gasteiger partial charge in [0.1, 0.15) is 0 Å². The van der Waals surface area contributed by atoms with Gasteiger partial charge in [0.15, 0.2) is 0 Å². The van der Waals surface area contributed by atoms with E-state index in [1.807, 2.05) is 19.9 Å². The molecule has 0 bridgehead atoms. The van der Waals surface area contributed by atoms with Crippen molar-refractivity contribution in [3.05, 3.63) is 12.3 Å². The summed E-state index contributed by atoms with van der Waals surface area (Å²) in [5.74, 6) is 0. The molecule has 0 saturated carbocycles. The predicted octanol–water partition coefficient (Wildman–Crippen LogP) is 1.87. The van der Waals surface area contributed by atoms with E-state index in [0.29, 0.717) is 0 Å². The van der Waals surface area contributed by atoms with Gasteiger partial charge in [-0.25, -0.2) is 0 Å². The van der Waals surface area contributed by atoms with Gasteiger partial charge in [-0.15, -0.1) is 12.6 Å². The molecule has 0 unspecified atom stereocenters. The summed E-state index contributed by atoms with van der Waals surface area (Å²) >= 11 is 3.93. The van der Waals surface area contributed by atoms with Gasteiger partial charge in [-0.1, -0.05) is 6.08 Å². The highest BCUT2D eigenvalue weighted by Gasteiger charge is 1.67. The third-order valence-corrected chi connectivity index (χ3v) is 0.526. The Bertz CT molecular complexity index is 90.3. The molecule has 0 aliphatic rings. The first-order valence-electron chi connectivity index (χ1n) is 2.12. The van der Waals surface area contributed by atoms with E-state index in [1.54, 1.807) is 6.20 Å². The Morgan fingerprint density at radius 1 is 1.71 bits per heavy atom. The van der Waals surface area contributed by atoms with Crippen LogP contribution in [0.1, 0.15) is 13.8 Å². The summed E-state index contributed by atoms with van der Waals surface area (Å²) in [4.78, 5) is 3.84. The first-order valence-corrected chi connectivity index (χ1v) is 2.56. The summed E-state index contributed by atoms with van der Waals surface area (Å²) in [6.45, 7) is 3.75. The number of thiol groups is 1.